The van der Waals surface area contributed by atoms with Gasteiger partial charge in [-0.15, -0.1) is 12.4 Å². The fourth-order valence-corrected chi connectivity index (χ4v) is 3.75. The minimum absolute atomic E-state index is 0. The molecule has 1 atom stereocenters. The molecule has 0 saturated heterocycles. The van der Waals surface area contributed by atoms with Crippen molar-refractivity contribution in [2.24, 2.45) is 11.7 Å². The van der Waals surface area contributed by atoms with Crippen LogP contribution in [0.5, 0.6) is 0 Å². The highest BCUT2D eigenvalue weighted by Crippen LogP contribution is 2.14. The van der Waals surface area contributed by atoms with E-state index < -0.39 is 21.6 Å². The first kappa shape index (κ1) is 25.9. The molecule has 27 heavy (non-hydrogen) atoms. The molecule has 0 aliphatic rings. The molecule has 0 aliphatic heterocycles. The molecular weight excluding hydrogens is 386 g/mol. The van der Waals surface area contributed by atoms with Gasteiger partial charge in [0.15, 0.2) is 0 Å². The number of carbonyl (C=O) groups is 1. The van der Waals surface area contributed by atoms with Crippen LogP contribution in [0.2, 0.25) is 0 Å². The van der Waals surface area contributed by atoms with Crippen molar-refractivity contribution >= 4 is 28.3 Å². The van der Waals surface area contributed by atoms with Crippen LogP contribution in [0.25, 0.3) is 0 Å². The van der Waals surface area contributed by atoms with Crippen LogP contribution in [0.3, 0.4) is 0 Å². The monoisotopic (exact) mass is 419 g/mol. The minimum Gasteiger partial charge on any atom is -0.353 e. The zero-order valence-electron chi connectivity index (χ0n) is 16.9. The summed E-state index contributed by atoms with van der Waals surface area (Å²) in [6.07, 6.45) is 1.87. The van der Waals surface area contributed by atoms with E-state index in [4.69, 9.17) is 5.73 Å². The van der Waals surface area contributed by atoms with E-state index in [0.717, 1.165) is 18.4 Å². The van der Waals surface area contributed by atoms with E-state index in [1.807, 2.05) is 34.6 Å². The predicted octanol–water partition coefficient (Wildman–Crippen LogP) is 2.74. The van der Waals surface area contributed by atoms with Crippen LogP contribution >= 0.6 is 12.4 Å². The topological polar surface area (TPSA) is 101 Å². The number of rotatable bonds is 10. The van der Waals surface area contributed by atoms with E-state index in [-0.39, 0.29) is 29.1 Å². The van der Waals surface area contributed by atoms with Gasteiger partial charge < -0.3 is 11.1 Å². The van der Waals surface area contributed by atoms with Crippen LogP contribution in [0.15, 0.2) is 29.2 Å². The van der Waals surface area contributed by atoms with Crippen LogP contribution in [0.1, 0.15) is 52.5 Å². The molecule has 0 spiro atoms. The zero-order valence-corrected chi connectivity index (χ0v) is 18.5. The second-order valence-corrected chi connectivity index (χ2v) is 9.12. The summed E-state index contributed by atoms with van der Waals surface area (Å²) in [5.74, 6) is -0.183. The van der Waals surface area contributed by atoms with Gasteiger partial charge in [-0.05, 0) is 44.2 Å². The number of amides is 1. The quantitative estimate of drug-likeness (QED) is 0.542. The Morgan fingerprint density at radius 2 is 1.67 bits per heavy atom. The first-order valence-electron chi connectivity index (χ1n) is 9.18. The number of carbonyl (C=O) groups excluding carboxylic acids is 1. The van der Waals surface area contributed by atoms with E-state index in [9.17, 15) is 13.2 Å². The van der Waals surface area contributed by atoms with Crippen molar-refractivity contribution in [1.29, 1.82) is 0 Å². The van der Waals surface area contributed by atoms with E-state index in [1.54, 1.807) is 24.3 Å². The molecule has 0 fully saturated rings. The van der Waals surface area contributed by atoms with E-state index in [1.165, 1.54) is 0 Å². The number of halogens is 1. The van der Waals surface area contributed by atoms with Crippen molar-refractivity contribution in [3.05, 3.63) is 29.8 Å². The van der Waals surface area contributed by atoms with Crippen molar-refractivity contribution < 1.29 is 13.2 Å². The van der Waals surface area contributed by atoms with Gasteiger partial charge in [-0.2, -0.15) is 4.72 Å². The average Bonchev–Trinajstić information content (AvgIpc) is 2.58. The summed E-state index contributed by atoms with van der Waals surface area (Å²) in [4.78, 5) is 12.8. The minimum atomic E-state index is -3.77. The third-order valence-electron chi connectivity index (χ3n) is 4.68. The molecule has 0 aliphatic carbocycles. The highest BCUT2D eigenvalue weighted by molar-refractivity contribution is 7.89. The number of hydrogen-bond acceptors (Lipinski definition) is 4. The van der Waals surface area contributed by atoms with Gasteiger partial charge in [-0.25, -0.2) is 8.42 Å². The van der Waals surface area contributed by atoms with Gasteiger partial charge in [0.2, 0.25) is 15.9 Å². The summed E-state index contributed by atoms with van der Waals surface area (Å²) < 4.78 is 27.8. The van der Waals surface area contributed by atoms with Gasteiger partial charge in [-0.3, -0.25) is 4.79 Å². The van der Waals surface area contributed by atoms with Crippen molar-refractivity contribution in [3.63, 3.8) is 0 Å². The third-order valence-corrected chi connectivity index (χ3v) is 6.16. The SMILES string of the molecule is CCC(N)(CC)CNC(=O)C(CC(C)C)NS(=O)(=O)c1ccc(C)cc1.Cl. The lowest BCUT2D eigenvalue weighted by molar-refractivity contribution is -0.123. The van der Waals surface area contributed by atoms with Gasteiger partial charge in [0.25, 0.3) is 0 Å². The molecule has 156 valence electrons. The molecule has 0 radical (unpaired) electrons. The summed E-state index contributed by atoms with van der Waals surface area (Å²) in [6.45, 7) is 10.1. The second-order valence-electron chi connectivity index (χ2n) is 7.40. The Labute approximate surface area is 170 Å². The lowest BCUT2D eigenvalue weighted by Gasteiger charge is -2.28. The van der Waals surface area contributed by atoms with Gasteiger partial charge in [0.05, 0.1) is 4.90 Å². The van der Waals surface area contributed by atoms with E-state index in [2.05, 4.69) is 10.0 Å². The van der Waals surface area contributed by atoms with Crippen LogP contribution in [0.4, 0.5) is 0 Å². The first-order chi connectivity index (χ1) is 12.0. The number of nitrogens with one attached hydrogen (secondary N) is 2. The number of hydrogen-bond donors (Lipinski definition) is 3. The summed E-state index contributed by atoms with van der Waals surface area (Å²) in [6, 6.07) is 5.72. The Bertz CT molecular complexity index is 687. The Morgan fingerprint density at radius 3 is 2.11 bits per heavy atom. The Kier molecular flexibility index (Phi) is 10.5. The molecule has 8 heteroatoms. The van der Waals surface area contributed by atoms with Crippen molar-refractivity contribution in [2.75, 3.05) is 6.54 Å². The van der Waals surface area contributed by atoms with Crippen molar-refractivity contribution in [2.45, 2.75) is 70.4 Å². The standard InChI is InChI=1S/C19H33N3O3S.ClH/c1-6-19(20,7-2)13-21-18(23)17(12-14(3)4)22-26(24,25)16-10-8-15(5)9-11-16;/h8-11,14,17,22H,6-7,12-13,20H2,1-5H3,(H,21,23);1H. The molecule has 1 aromatic rings. The fraction of sp³-hybridized carbons (Fsp3) is 0.632. The molecule has 0 bridgehead atoms. The maximum Gasteiger partial charge on any atom is 0.241 e. The van der Waals surface area contributed by atoms with Crippen LogP contribution in [-0.2, 0) is 14.8 Å². The highest BCUT2D eigenvalue weighted by Gasteiger charge is 2.28. The van der Waals surface area contributed by atoms with Crippen molar-refractivity contribution in [1.82, 2.24) is 10.0 Å². The number of sulfonamides is 1. The Balaban J connectivity index is 0.00000676. The second kappa shape index (κ2) is 11.0. The molecule has 1 unspecified atom stereocenters. The molecule has 1 aromatic carbocycles. The number of benzene rings is 1. The Hall–Kier alpha value is -1.15. The number of aryl methyl sites for hydroxylation is 1. The molecule has 0 saturated carbocycles. The lowest BCUT2D eigenvalue weighted by atomic mass is 9.94. The maximum atomic E-state index is 12.6. The summed E-state index contributed by atoms with van der Waals surface area (Å²) in [7, 11) is -3.77. The third kappa shape index (κ3) is 8.17. The molecular formula is C19H34ClN3O3S. The summed E-state index contributed by atoms with van der Waals surface area (Å²) >= 11 is 0. The molecule has 0 heterocycles. The molecule has 1 amide bonds. The smallest absolute Gasteiger partial charge is 0.241 e. The van der Waals surface area contributed by atoms with Crippen LogP contribution < -0.4 is 15.8 Å². The normalized spacial score (nSPS) is 13.1. The largest absolute Gasteiger partial charge is 0.353 e. The fourth-order valence-electron chi connectivity index (χ4n) is 2.54. The van der Waals surface area contributed by atoms with Gasteiger partial charge >= 0.3 is 0 Å². The molecule has 4 N–H and O–H groups in total. The highest BCUT2D eigenvalue weighted by atomic mass is 35.5. The van der Waals surface area contributed by atoms with Gasteiger partial charge in [0, 0.05) is 12.1 Å². The van der Waals surface area contributed by atoms with Crippen LogP contribution in [0, 0.1) is 12.8 Å². The summed E-state index contributed by atoms with van der Waals surface area (Å²) in [5, 5.41) is 2.82. The molecule has 1 rings (SSSR count). The molecule has 6 nitrogen and oxygen atoms in total. The Morgan fingerprint density at radius 1 is 1.15 bits per heavy atom. The summed E-state index contributed by atoms with van der Waals surface area (Å²) in [5.41, 5.74) is 6.72. The van der Waals surface area contributed by atoms with Gasteiger partial charge in [-0.1, -0.05) is 45.4 Å². The molecule has 0 aromatic heterocycles. The zero-order chi connectivity index (χ0) is 20.0. The van der Waals surface area contributed by atoms with E-state index in [0.29, 0.717) is 13.0 Å². The average molecular weight is 420 g/mol. The van der Waals surface area contributed by atoms with Gasteiger partial charge in [0.1, 0.15) is 6.04 Å². The van der Waals surface area contributed by atoms with Crippen molar-refractivity contribution in [3.8, 4) is 0 Å². The first-order valence-corrected chi connectivity index (χ1v) is 10.7. The van der Waals surface area contributed by atoms with Crippen LogP contribution in [-0.4, -0.2) is 32.5 Å². The van der Waals surface area contributed by atoms with E-state index >= 15 is 0 Å². The number of nitrogens with two attached hydrogens (primary N) is 1. The predicted molar refractivity (Wildman–Crippen MR) is 113 cm³/mol. The lowest BCUT2D eigenvalue weighted by Crippen LogP contribution is -2.54. The maximum absolute atomic E-state index is 12.6.